The first kappa shape index (κ1) is 12.8. The minimum absolute atomic E-state index is 0.0842. The molecule has 0 radical (unpaired) electrons. The maximum absolute atomic E-state index is 10.7. The maximum atomic E-state index is 10.7. The Morgan fingerprint density at radius 3 is 3.00 bits per heavy atom. The van der Waals surface area contributed by atoms with Gasteiger partial charge < -0.3 is 10.2 Å². The third kappa shape index (κ3) is 2.59. The molecule has 0 aromatic carbocycles. The highest BCUT2D eigenvalue weighted by molar-refractivity contribution is 5.49. The molecule has 0 saturated carbocycles. The molecular weight excluding hydrogens is 232 g/mol. The molecular formula is C12H18N4O2. The van der Waals surface area contributed by atoms with Crippen molar-refractivity contribution in [2.75, 3.05) is 25.0 Å². The molecule has 1 aromatic rings. The van der Waals surface area contributed by atoms with Crippen LogP contribution < -0.4 is 10.2 Å². The van der Waals surface area contributed by atoms with Crippen LogP contribution in [0.25, 0.3) is 0 Å². The highest BCUT2D eigenvalue weighted by Crippen LogP contribution is 2.23. The van der Waals surface area contributed by atoms with Crippen LogP contribution in [0.1, 0.15) is 18.4 Å². The van der Waals surface area contributed by atoms with Crippen LogP contribution in [0.5, 0.6) is 0 Å². The predicted molar refractivity (Wildman–Crippen MR) is 69.9 cm³/mol. The van der Waals surface area contributed by atoms with Crippen LogP contribution in [-0.4, -0.2) is 36.1 Å². The number of rotatable bonds is 3. The van der Waals surface area contributed by atoms with E-state index in [-0.39, 0.29) is 5.69 Å². The maximum Gasteiger partial charge on any atom is 0.290 e. The summed E-state index contributed by atoms with van der Waals surface area (Å²) in [6.45, 7) is 3.62. The number of pyridine rings is 1. The largest absolute Gasteiger partial charge is 0.355 e. The van der Waals surface area contributed by atoms with E-state index in [4.69, 9.17) is 0 Å². The zero-order valence-electron chi connectivity index (χ0n) is 10.7. The van der Waals surface area contributed by atoms with Gasteiger partial charge in [-0.05, 0) is 32.9 Å². The Balaban J connectivity index is 2.18. The molecule has 2 rings (SSSR count). The normalized spacial score (nSPS) is 19.9. The topological polar surface area (TPSA) is 71.3 Å². The molecule has 1 aromatic heterocycles. The van der Waals surface area contributed by atoms with Crippen molar-refractivity contribution in [1.82, 2.24) is 10.3 Å². The number of aromatic nitrogens is 1. The second-order valence-electron chi connectivity index (χ2n) is 4.66. The summed E-state index contributed by atoms with van der Waals surface area (Å²) in [4.78, 5) is 16.8. The number of nitrogens with one attached hydrogen (secondary N) is 1. The summed E-state index contributed by atoms with van der Waals surface area (Å²) >= 11 is 0. The lowest BCUT2D eigenvalue weighted by Gasteiger charge is -2.33. The average Bonchev–Trinajstić information content (AvgIpc) is 2.38. The fraction of sp³-hybridized carbons (Fsp3) is 0.583. The van der Waals surface area contributed by atoms with Crippen molar-refractivity contribution in [1.29, 1.82) is 0 Å². The van der Waals surface area contributed by atoms with E-state index in [0.29, 0.717) is 11.6 Å². The molecule has 1 unspecified atom stereocenters. The number of piperidine rings is 1. The number of nitrogens with zero attached hydrogens (tertiary/aromatic N) is 3. The number of hydrogen-bond donors (Lipinski definition) is 1. The van der Waals surface area contributed by atoms with E-state index in [1.165, 1.54) is 12.6 Å². The minimum atomic E-state index is -0.390. The molecule has 2 heterocycles. The third-order valence-electron chi connectivity index (χ3n) is 3.42. The Labute approximate surface area is 106 Å². The highest BCUT2D eigenvalue weighted by Gasteiger charge is 2.21. The van der Waals surface area contributed by atoms with Gasteiger partial charge in [-0.25, -0.2) is 4.98 Å². The Morgan fingerprint density at radius 2 is 2.39 bits per heavy atom. The highest BCUT2D eigenvalue weighted by atomic mass is 16.6. The molecule has 1 saturated heterocycles. The molecule has 1 N–H and O–H groups in total. The Kier molecular flexibility index (Phi) is 3.76. The number of nitro groups is 1. The third-order valence-corrected chi connectivity index (χ3v) is 3.42. The zero-order chi connectivity index (χ0) is 13.1. The SMILES string of the molecule is CNC1CCCN(c2cc(C)c([N+](=O)[O-])cn2)C1. The van der Waals surface area contributed by atoms with E-state index < -0.39 is 4.92 Å². The lowest BCUT2D eigenvalue weighted by Crippen LogP contribution is -2.44. The van der Waals surface area contributed by atoms with Crippen LogP contribution in [0.15, 0.2) is 12.3 Å². The lowest BCUT2D eigenvalue weighted by molar-refractivity contribution is -0.385. The first-order valence-electron chi connectivity index (χ1n) is 6.15. The fourth-order valence-corrected chi connectivity index (χ4v) is 2.32. The molecule has 6 nitrogen and oxygen atoms in total. The average molecular weight is 250 g/mol. The predicted octanol–water partition coefficient (Wildman–Crippen LogP) is 1.49. The molecule has 1 atom stereocenters. The van der Waals surface area contributed by atoms with Crippen LogP contribution in [0, 0.1) is 17.0 Å². The van der Waals surface area contributed by atoms with Crippen molar-refractivity contribution in [3.63, 3.8) is 0 Å². The van der Waals surface area contributed by atoms with Crippen LogP contribution in [0.4, 0.5) is 11.5 Å². The van der Waals surface area contributed by atoms with Gasteiger partial charge in [-0.3, -0.25) is 10.1 Å². The van der Waals surface area contributed by atoms with Gasteiger partial charge in [0.15, 0.2) is 0 Å². The van der Waals surface area contributed by atoms with Gasteiger partial charge in [0.2, 0.25) is 0 Å². The first-order chi connectivity index (χ1) is 8.61. The molecule has 1 fully saturated rings. The second kappa shape index (κ2) is 5.30. The molecule has 0 bridgehead atoms. The Bertz CT molecular complexity index is 450. The smallest absolute Gasteiger partial charge is 0.290 e. The van der Waals surface area contributed by atoms with Gasteiger partial charge in [0.05, 0.1) is 4.92 Å². The van der Waals surface area contributed by atoms with Gasteiger partial charge in [0, 0.05) is 24.7 Å². The quantitative estimate of drug-likeness (QED) is 0.650. The summed E-state index contributed by atoms with van der Waals surface area (Å²) in [7, 11) is 1.96. The number of hydrogen-bond acceptors (Lipinski definition) is 5. The van der Waals surface area contributed by atoms with Crippen LogP contribution in [-0.2, 0) is 0 Å². The first-order valence-corrected chi connectivity index (χ1v) is 6.15. The van der Waals surface area contributed by atoms with Crippen molar-refractivity contribution in [2.45, 2.75) is 25.8 Å². The Hall–Kier alpha value is -1.69. The monoisotopic (exact) mass is 250 g/mol. The van der Waals surface area contributed by atoms with Gasteiger partial charge in [-0.2, -0.15) is 0 Å². The Morgan fingerprint density at radius 1 is 1.61 bits per heavy atom. The van der Waals surface area contributed by atoms with Gasteiger partial charge in [0.25, 0.3) is 5.69 Å². The van der Waals surface area contributed by atoms with Crippen molar-refractivity contribution in [2.24, 2.45) is 0 Å². The number of likely N-dealkylation sites (N-methyl/N-ethyl adjacent to an activating group) is 1. The molecule has 18 heavy (non-hydrogen) atoms. The van der Waals surface area contributed by atoms with E-state index in [9.17, 15) is 10.1 Å². The van der Waals surface area contributed by atoms with Crippen molar-refractivity contribution >= 4 is 11.5 Å². The summed E-state index contributed by atoms with van der Waals surface area (Å²) in [5, 5.41) is 14.0. The van der Waals surface area contributed by atoms with E-state index >= 15 is 0 Å². The van der Waals surface area contributed by atoms with E-state index in [2.05, 4.69) is 15.2 Å². The minimum Gasteiger partial charge on any atom is -0.355 e. The number of aryl methyl sites for hydroxylation is 1. The number of anilines is 1. The van der Waals surface area contributed by atoms with Crippen molar-refractivity contribution < 1.29 is 4.92 Å². The van der Waals surface area contributed by atoms with E-state index in [1.807, 2.05) is 7.05 Å². The summed E-state index contributed by atoms with van der Waals surface area (Å²) in [5.74, 6) is 0.832. The van der Waals surface area contributed by atoms with Crippen molar-refractivity contribution in [3.8, 4) is 0 Å². The fourth-order valence-electron chi connectivity index (χ4n) is 2.32. The lowest BCUT2D eigenvalue weighted by atomic mass is 10.1. The van der Waals surface area contributed by atoms with Gasteiger partial charge >= 0.3 is 0 Å². The summed E-state index contributed by atoms with van der Waals surface area (Å²) < 4.78 is 0. The molecule has 0 amide bonds. The summed E-state index contributed by atoms with van der Waals surface area (Å²) in [6, 6.07) is 2.27. The summed E-state index contributed by atoms with van der Waals surface area (Å²) in [5.41, 5.74) is 0.748. The van der Waals surface area contributed by atoms with Crippen LogP contribution >= 0.6 is 0 Å². The molecule has 0 spiro atoms. The molecule has 98 valence electrons. The van der Waals surface area contributed by atoms with E-state index in [0.717, 1.165) is 25.3 Å². The standard InChI is InChI=1S/C12H18N4O2/c1-9-6-12(14-7-11(9)16(17)18)15-5-3-4-10(8-15)13-2/h6-7,10,13H,3-5,8H2,1-2H3. The van der Waals surface area contributed by atoms with Crippen LogP contribution in [0.3, 0.4) is 0 Å². The van der Waals surface area contributed by atoms with Gasteiger partial charge in [-0.15, -0.1) is 0 Å². The zero-order valence-corrected chi connectivity index (χ0v) is 10.7. The molecule has 1 aliphatic heterocycles. The van der Waals surface area contributed by atoms with Crippen LogP contribution in [0.2, 0.25) is 0 Å². The summed E-state index contributed by atoms with van der Waals surface area (Å²) in [6.07, 6.45) is 3.63. The van der Waals surface area contributed by atoms with E-state index in [1.54, 1.807) is 13.0 Å². The molecule has 1 aliphatic rings. The molecule has 0 aliphatic carbocycles. The van der Waals surface area contributed by atoms with Gasteiger partial charge in [0.1, 0.15) is 12.0 Å². The van der Waals surface area contributed by atoms with Crippen molar-refractivity contribution in [3.05, 3.63) is 27.9 Å². The molecule has 6 heteroatoms. The van der Waals surface area contributed by atoms with Gasteiger partial charge in [-0.1, -0.05) is 0 Å². The second-order valence-corrected chi connectivity index (χ2v) is 4.66.